The van der Waals surface area contributed by atoms with Crippen LogP contribution in [0.25, 0.3) is 0 Å². The molecule has 0 heterocycles. The molecule has 1 atom stereocenters. The van der Waals surface area contributed by atoms with Crippen LogP contribution in [-0.4, -0.2) is 20.4 Å². The maximum absolute atomic E-state index is 12.2. The second kappa shape index (κ2) is 7.92. The first-order chi connectivity index (χ1) is 11.3. The van der Waals surface area contributed by atoms with Crippen molar-refractivity contribution in [1.82, 2.24) is 4.72 Å². The monoisotopic (exact) mass is 410 g/mol. The predicted octanol–water partition coefficient (Wildman–Crippen LogP) is 3.78. The zero-order chi connectivity index (χ0) is 17.7. The van der Waals surface area contributed by atoms with E-state index in [1.165, 1.54) is 12.1 Å². The highest BCUT2D eigenvalue weighted by molar-refractivity contribution is 9.10. The Balaban J connectivity index is 2.13. The number of anilines is 1. The Morgan fingerprint density at radius 3 is 2.33 bits per heavy atom. The van der Waals surface area contributed by atoms with E-state index >= 15 is 0 Å². The average Bonchev–Trinajstić information content (AvgIpc) is 2.55. The fourth-order valence-corrected chi connectivity index (χ4v) is 3.77. The number of sulfonamides is 1. The van der Waals surface area contributed by atoms with Gasteiger partial charge in [0, 0.05) is 16.2 Å². The van der Waals surface area contributed by atoms with Crippen LogP contribution in [-0.2, 0) is 10.0 Å². The number of benzene rings is 2. The molecule has 1 unspecified atom stereocenters. The number of carbonyl (C=O) groups excluding carboxylic acids is 1. The molecule has 128 valence electrons. The van der Waals surface area contributed by atoms with Gasteiger partial charge in [0.2, 0.25) is 10.0 Å². The van der Waals surface area contributed by atoms with Gasteiger partial charge in [-0.3, -0.25) is 4.79 Å². The number of nitrogens with one attached hydrogen (secondary N) is 2. The molecule has 7 heteroatoms. The molecular weight excluding hydrogens is 392 g/mol. The Hall–Kier alpha value is -1.70. The van der Waals surface area contributed by atoms with Crippen LogP contribution >= 0.6 is 15.9 Å². The second-order valence-corrected chi connectivity index (χ2v) is 7.96. The van der Waals surface area contributed by atoms with Gasteiger partial charge in [-0.15, -0.1) is 0 Å². The molecule has 2 aromatic carbocycles. The van der Waals surface area contributed by atoms with Crippen molar-refractivity contribution in [2.75, 3.05) is 5.32 Å². The van der Waals surface area contributed by atoms with Crippen molar-refractivity contribution < 1.29 is 13.2 Å². The fourth-order valence-electron chi connectivity index (χ4n) is 1.98. The third-order valence-corrected chi connectivity index (χ3v) is 5.81. The summed E-state index contributed by atoms with van der Waals surface area (Å²) in [5.41, 5.74) is 1.03. The van der Waals surface area contributed by atoms with Crippen LogP contribution in [0.5, 0.6) is 0 Å². The van der Waals surface area contributed by atoms with Gasteiger partial charge in [-0.1, -0.05) is 19.1 Å². The standard InChI is InChI=1S/C17H19BrN2O3S/c1-3-12(2)20-24(22,23)14-10-8-13(9-11-14)19-17(21)15-6-4-5-7-16(15)18/h4-12,20H,3H2,1-2H3,(H,19,21). The molecular formula is C17H19BrN2O3S. The SMILES string of the molecule is CCC(C)NS(=O)(=O)c1ccc(NC(=O)c2ccccc2Br)cc1. The van der Waals surface area contributed by atoms with Crippen LogP contribution in [0.2, 0.25) is 0 Å². The molecule has 0 aliphatic rings. The molecule has 24 heavy (non-hydrogen) atoms. The van der Waals surface area contributed by atoms with Crippen LogP contribution in [0.4, 0.5) is 5.69 Å². The molecule has 0 aliphatic carbocycles. The van der Waals surface area contributed by atoms with E-state index in [1.54, 1.807) is 30.3 Å². The van der Waals surface area contributed by atoms with E-state index in [4.69, 9.17) is 0 Å². The van der Waals surface area contributed by atoms with Crippen molar-refractivity contribution in [3.63, 3.8) is 0 Å². The third kappa shape index (κ3) is 4.66. The Morgan fingerprint density at radius 2 is 1.75 bits per heavy atom. The van der Waals surface area contributed by atoms with Gasteiger partial charge in [0.15, 0.2) is 0 Å². The summed E-state index contributed by atoms with van der Waals surface area (Å²) in [4.78, 5) is 12.4. The average molecular weight is 411 g/mol. The van der Waals surface area contributed by atoms with Gasteiger partial charge in [-0.25, -0.2) is 13.1 Å². The molecule has 0 bridgehead atoms. The molecule has 1 amide bonds. The number of amides is 1. The number of halogens is 1. The van der Waals surface area contributed by atoms with E-state index in [-0.39, 0.29) is 16.8 Å². The van der Waals surface area contributed by atoms with E-state index in [9.17, 15) is 13.2 Å². The second-order valence-electron chi connectivity index (χ2n) is 5.39. The maximum atomic E-state index is 12.2. The van der Waals surface area contributed by atoms with Gasteiger partial charge < -0.3 is 5.32 Å². The first-order valence-corrected chi connectivity index (χ1v) is 9.79. The van der Waals surface area contributed by atoms with Crippen LogP contribution in [0.3, 0.4) is 0 Å². The molecule has 2 aromatic rings. The molecule has 0 aromatic heterocycles. The Morgan fingerprint density at radius 1 is 1.12 bits per heavy atom. The number of carbonyl (C=O) groups is 1. The fraction of sp³-hybridized carbons (Fsp3) is 0.235. The Kier molecular flexibility index (Phi) is 6.15. The summed E-state index contributed by atoms with van der Waals surface area (Å²) in [6.07, 6.45) is 0.708. The quantitative estimate of drug-likeness (QED) is 0.760. The summed E-state index contributed by atoms with van der Waals surface area (Å²) in [6.45, 7) is 3.72. The summed E-state index contributed by atoms with van der Waals surface area (Å²) in [7, 11) is -3.55. The lowest BCUT2D eigenvalue weighted by molar-refractivity contribution is 0.102. The molecule has 0 saturated heterocycles. The van der Waals surface area contributed by atoms with E-state index in [0.29, 0.717) is 22.1 Å². The summed E-state index contributed by atoms with van der Waals surface area (Å²) in [5, 5.41) is 2.75. The van der Waals surface area contributed by atoms with Gasteiger partial charge in [0.1, 0.15) is 0 Å². The minimum atomic E-state index is -3.55. The first-order valence-electron chi connectivity index (χ1n) is 7.51. The van der Waals surface area contributed by atoms with Gasteiger partial charge in [-0.05, 0) is 65.7 Å². The predicted molar refractivity (Wildman–Crippen MR) is 98.6 cm³/mol. The van der Waals surface area contributed by atoms with Crippen LogP contribution in [0.15, 0.2) is 57.9 Å². The van der Waals surface area contributed by atoms with Crippen molar-refractivity contribution in [3.05, 3.63) is 58.6 Å². The summed E-state index contributed by atoms with van der Waals surface area (Å²) in [6, 6.07) is 13.0. The van der Waals surface area contributed by atoms with Crippen molar-refractivity contribution in [3.8, 4) is 0 Å². The van der Waals surface area contributed by atoms with Crippen molar-refractivity contribution >= 4 is 37.5 Å². The molecule has 0 fully saturated rings. The van der Waals surface area contributed by atoms with E-state index in [2.05, 4.69) is 26.0 Å². The van der Waals surface area contributed by atoms with Gasteiger partial charge >= 0.3 is 0 Å². The molecule has 5 nitrogen and oxygen atoms in total. The van der Waals surface area contributed by atoms with Crippen LogP contribution < -0.4 is 10.0 Å². The van der Waals surface area contributed by atoms with Gasteiger partial charge in [0.25, 0.3) is 5.91 Å². The van der Waals surface area contributed by atoms with E-state index < -0.39 is 10.0 Å². The molecule has 2 N–H and O–H groups in total. The number of hydrogen-bond donors (Lipinski definition) is 2. The highest BCUT2D eigenvalue weighted by atomic mass is 79.9. The lowest BCUT2D eigenvalue weighted by Gasteiger charge is -2.12. The summed E-state index contributed by atoms with van der Waals surface area (Å²) >= 11 is 3.33. The van der Waals surface area contributed by atoms with E-state index in [1.807, 2.05) is 19.9 Å². The van der Waals surface area contributed by atoms with Crippen molar-refractivity contribution in [1.29, 1.82) is 0 Å². The summed E-state index contributed by atoms with van der Waals surface area (Å²) in [5.74, 6) is -0.268. The van der Waals surface area contributed by atoms with Crippen LogP contribution in [0, 0.1) is 0 Å². The Bertz CT molecular complexity index is 820. The van der Waals surface area contributed by atoms with Gasteiger partial charge in [0.05, 0.1) is 10.5 Å². The molecule has 0 radical (unpaired) electrons. The lowest BCUT2D eigenvalue weighted by atomic mass is 10.2. The Labute approximate surface area is 150 Å². The van der Waals surface area contributed by atoms with Crippen molar-refractivity contribution in [2.24, 2.45) is 0 Å². The lowest BCUT2D eigenvalue weighted by Crippen LogP contribution is -2.31. The number of rotatable bonds is 6. The minimum absolute atomic E-state index is 0.134. The zero-order valence-electron chi connectivity index (χ0n) is 13.4. The normalized spacial score (nSPS) is 12.6. The largest absolute Gasteiger partial charge is 0.322 e. The summed E-state index contributed by atoms with van der Waals surface area (Å²) < 4.78 is 27.7. The molecule has 0 spiro atoms. The third-order valence-electron chi connectivity index (χ3n) is 3.51. The van der Waals surface area contributed by atoms with E-state index in [0.717, 1.165) is 0 Å². The first kappa shape index (κ1) is 18.6. The minimum Gasteiger partial charge on any atom is -0.322 e. The molecule has 0 saturated carbocycles. The highest BCUT2D eigenvalue weighted by Gasteiger charge is 2.16. The zero-order valence-corrected chi connectivity index (χ0v) is 15.8. The molecule has 2 rings (SSSR count). The topological polar surface area (TPSA) is 75.3 Å². The van der Waals surface area contributed by atoms with Crippen LogP contribution in [0.1, 0.15) is 30.6 Å². The molecule has 0 aliphatic heterocycles. The number of hydrogen-bond acceptors (Lipinski definition) is 3. The smallest absolute Gasteiger partial charge is 0.256 e. The van der Waals surface area contributed by atoms with Crippen molar-refractivity contribution in [2.45, 2.75) is 31.2 Å². The maximum Gasteiger partial charge on any atom is 0.256 e. The van der Waals surface area contributed by atoms with Gasteiger partial charge in [-0.2, -0.15) is 0 Å². The highest BCUT2D eigenvalue weighted by Crippen LogP contribution is 2.19.